The first kappa shape index (κ1) is 14.2. The third-order valence-electron chi connectivity index (χ3n) is 2.24. The summed E-state index contributed by atoms with van der Waals surface area (Å²) in [5, 5.41) is 0. The van der Waals surface area contributed by atoms with Gasteiger partial charge in [0, 0.05) is 9.79 Å². The van der Waals surface area contributed by atoms with E-state index < -0.39 is 0 Å². The Bertz CT molecular complexity index is 457. The molecule has 2 aromatic rings. The molecule has 2 aromatic carbocycles. The van der Waals surface area contributed by atoms with Crippen LogP contribution in [-0.2, 0) is 0 Å². The van der Waals surface area contributed by atoms with E-state index >= 15 is 0 Å². The molecule has 0 heterocycles. The van der Waals surface area contributed by atoms with Crippen molar-refractivity contribution in [3.05, 3.63) is 48.5 Å². The van der Waals surface area contributed by atoms with Gasteiger partial charge < -0.3 is 4.74 Å². The molecule has 0 saturated carbocycles. The minimum atomic E-state index is 0.777. The number of nitrogens with one attached hydrogen (secondary N) is 2. The predicted molar refractivity (Wildman–Crippen MR) is 79.3 cm³/mol. The fourth-order valence-electron chi connectivity index (χ4n) is 1.42. The Morgan fingerprint density at radius 3 is 1.37 bits per heavy atom. The summed E-state index contributed by atoms with van der Waals surface area (Å²) >= 11 is 2.70. The number of hydrogen-bond acceptors (Lipinski definition) is 7. The molecule has 100 valence electrons. The van der Waals surface area contributed by atoms with E-state index in [0.717, 1.165) is 21.3 Å². The van der Waals surface area contributed by atoms with Gasteiger partial charge in [-0.05, 0) is 72.4 Å². The van der Waals surface area contributed by atoms with Crippen LogP contribution < -0.4 is 26.1 Å². The van der Waals surface area contributed by atoms with Gasteiger partial charge in [-0.3, -0.25) is 11.7 Å². The van der Waals surface area contributed by atoms with E-state index in [2.05, 4.69) is 9.66 Å². The molecule has 0 amide bonds. The highest BCUT2D eigenvalue weighted by Gasteiger charge is 1.99. The summed E-state index contributed by atoms with van der Waals surface area (Å²) < 4.78 is 5.72. The van der Waals surface area contributed by atoms with Gasteiger partial charge in [-0.25, -0.2) is 0 Å². The number of nitrogens with two attached hydrogens (primary N) is 2. The second-order valence-electron chi connectivity index (χ2n) is 3.48. The quantitative estimate of drug-likeness (QED) is 0.370. The highest BCUT2D eigenvalue weighted by atomic mass is 32.2. The Morgan fingerprint density at radius 1 is 0.684 bits per heavy atom. The molecule has 5 nitrogen and oxygen atoms in total. The van der Waals surface area contributed by atoms with Crippen molar-refractivity contribution in [1.82, 2.24) is 9.66 Å². The van der Waals surface area contributed by atoms with Crippen LogP contribution >= 0.6 is 23.9 Å². The molecule has 0 saturated heterocycles. The fourth-order valence-corrected chi connectivity index (χ4v) is 2.24. The van der Waals surface area contributed by atoms with Crippen LogP contribution in [0.4, 0.5) is 0 Å². The lowest BCUT2D eigenvalue weighted by Crippen LogP contribution is -2.10. The fraction of sp³-hybridized carbons (Fsp3) is 0. The Labute approximate surface area is 120 Å². The SMILES string of the molecule is NNSc1ccc(Oc2ccc(SNN)cc2)cc1. The summed E-state index contributed by atoms with van der Waals surface area (Å²) in [6.45, 7) is 0. The highest BCUT2D eigenvalue weighted by molar-refractivity contribution is 7.97. The van der Waals surface area contributed by atoms with E-state index in [0.29, 0.717) is 0 Å². The minimum Gasteiger partial charge on any atom is -0.457 e. The van der Waals surface area contributed by atoms with E-state index in [-0.39, 0.29) is 0 Å². The summed E-state index contributed by atoms with van der Waals surface area (Å²) in [5.41, 5.74) is 0. The molecule has 2 rings (SSSR count). The second kappa shape index (κ2) is 7.39. The Balaban J connectivity index is 1.99. The third-order valence-corrected chi connectivity index (χ3v) is 3.49. The highest BCUT2D eigenvalue weighted by Crippen LogP contribution is 2.25. The number of hydrogen-bond donors (Lipinski definition) is 4. The lowest BCUT2D eigenvalue weighted by atomic mass is 10.3. The molecule has 0 spiro atoms. The molecule has 6 N–H and O–H groups in total. The maximum absolute atomic E-state index is 5.72. The van der Waals surface area contributed by atoms with Gasteiger partial charge in [0.15, 0.2) is 0 Å². The van der Waals surface area contributed by atoms with Crippen molar-refractivity contribution >= 4 is 23.9 Å². The van der Waals surface area contributed by atoms with E-state index in [9.17, 15) is 0 Å². The monoisotopic (exact) mass is 294 g/mol. The van der Waals surface area contributed by atoms with Crippen LogP contribution in [0.5, 0.6) is 11.5 Å². The van der Waals surface area contributed by atoms with Gasteiger partial charge in [0.05, 0.1) is 0 Å². The zero-order valence-corrected chi connectivity index (χ0v) is 11.6. The first-order valence-electron chi connectivity index (χ1n) is 5.44. The lowest BCUT2D eigenvalue weighted by Gasteiger charge is -2.07. The standard InChI is InChI=1S/C12H14N4OS2/c13-15-18-11-5-1-9(2-6-11)17-10-3-7-12(8-4-10)19-16-14/h1-8,15-16H,13-14H2. The third kappa shape index (κ3) is 4.43. The Hall–Kier alpha value is -1.22. The first-order valence-corrected chi connectivity index (χ1v) is 7.08. The van der Waals surface area contributed by atoms with Gasteiger partial charge >= 0.3 is 0 Å². The van der Waals surface area contributed by atoms with Crippen LogP contribution in [0.25, 0.3) is 0 Å². The summed E-state index contributed by atoms with van der Waals surface area (Å²) in [6, 6.07) is 15.3. The van der Waals surface area contributed by atoms with Crippen LogP contribution in [-0.4, -0.2) is 0 Å². The normalized spacial score (nSPS) is 10.4. The van der Waals surface area contributed by atoms with Gasteiger partial charge in [-0.1, -0.05) is 0 Å². The summed E-state index contributed by atoms with van der Waals surface area (Å²) in [4.78, 5) is 7.10. The number of hydrazine groups is 2. The van der Waals surface area contributed by atoms with Crippen molar-refractivity contribution in [1.29, 1.82) is 0 Å². The average molecular weight is 294 g/mol. The molecular formula is C12H14N4OS2. The van der Waals surface area contributed by atoms with E-state index in [1.807, 2.05) is 48.5 Å². The molecule has 0 aromatic heterocycles. The van der Waals surface area contributed by atoms with Crippen molar-refractivity contribution in [2.24, 2.45) is 11.7 Å². The molecule has 0 unspecified atom stereocenters. The van der Waals surface area contributed by atoms with Crippen molar-refractivity contribution in [3.8, 4) is 11.5 Å². The maximum Gasteiger partial charge on any atom is 0.127 e. The van der Waals surface area contributed by atoms with Crippen LogP contribution in [0.3, 0.4) is 0 Å². The van der Waals surface area contributed by atoms with Gasteiger partial charge in [-0.15, -0.1) is 0 Å². The molecule has 0 aliphatic carbocycles. The van der Waals surface area contributed by atoms with Gasteiger partial charge in [0.2, 0.25) is 0 Å². The van der Waals surface area contributed by atoms with Gasteiger partial charge in [-0.2, -0.15) is 9.66 Å². The largest absolute Gasteiger partial charge is 0.457 e. The predicted octanol–water partition coefficient (Wildman–Crippen LogP) is 2.42. The van der Waals surface area contributed by atoms with Crippen molar-refractivity contribution < 1.29 is 4.74 Å². The molecule has 0 atom stereocenters. The molecule has 19 heavy (non-hydrogen) atoms. The first-order chi connectivity index (χ1) is 9.31. The number of rotatable bonds is 6. The molecule has 0 aliphatic rings. The maximum atomic E-state index is 5.72. The molecule has 0 aliphatic heterocycles. The van der Waals surface area contributed by atoms with Crippen molar-refractivity contribution in [2.45, 2.75) is 9.79 Å². The molecule has 0 fully saturated rings. The summed E-state index contributed by atoms with van der Waals surface area (Å²) in [5.74, 6) is 12.0. The van der Waals surface area contributed by atoms with Crippen LogP contribution in [0.15, 0.2) is 58.3 Å². The Kier molecular flexibility index (Phi) is 5.52. The molecule has 0 bridgehead atoms. The van der Waals surface area contributed by atoms with E-state index in [1.165, 1.54) is 23.9 Å². The lowest BCUT2D eigenvalue weighted by molar-refractivity contribution is 0.482. The summed E-state index contributed by atoms with van der Waals surface area (Å²) in [6.07, 6.45) is 0. The van der Waals surface area contributed by atoms with Crippen LogP contribution in [0.2, 0.25) is 0 Å². The van der Waals surface area contributed by atoms with Crippen molar-refractivity contribution in [3.63, 3.8) is 0 Å². The van der Waals surface area contributed by atoms with Gasteiger partial charge in [0.25, 0.3) is 0 Å². The van der Waals surface area contributed by atoms with Crippen LogP contribution in [0.1, 0.15) is 0 Å². The zero-order chi connectivity index (χ0) is 13.5. The molecule has 7 heteroatoms. The summed E-state index contributed by atoms with van der Waals surface area (Å²) in [7, 11) is 0. The van der Waals surface area contributed by atoms with Crippen LogP contribution in [0, 0.1) is 0 Å². The van der Waals surface area contributed by atoms with E-state index in [1.54, 1.807) is 0 Å². The second-order valence-corrected chi connectivity index (χ2v) is 5.31. The smallest absolute Gasteiger partial charge is 0.127 e. The number of benzene rings is 2. The minimum absolute atomic E-state index is 0.777. The van der Waals surface area contributed by atoms with E-state index in [4.69, 9.17) is 16.4 Å². The molecular weight excluding hydrogens is 280 g/mol. The number of ether oxygens (including phenoxy) is 1. The molecule has 0 radical (unpaired) electrons. The average Bonchev–Trinajstić information content (AvgIpc) is 2.44. The zero-order valence-electron chi connectivity index (χ0n) is 10.00. The van der Waals surface area contributed by atoms with Gasteiger partial charge in [0.1, 0.15) is 11.5 Å². The van der Waals surface area contributed by atoms with Crippen molar-refractivity contribution in [2.75, 3.05) is 0 Å². The Morgan fingerprint density at radius 2 is 1.05 bits per heavy atom. The topological polar surface area (TPSA) is 85.3 Å².